The molecule has 0 amide bonds. The average molecular weight is 291 g/mol. The monoisotopic (exact) mass is 291 g/mol. The van der Waals surface area contributed by atoms with Crippen LogP contribution in [0.4, 0.5) is 13.2 Å². The van der Waals surface area contributed by atoms with E-state index in [9.17, 15) is 13.2 Å². The quantitative estimate of drug-likeness (QED) is 0.676. The molecule has 21 heavy (non-hydrogen) atoms. The third-order valence-electron chi connectivity index (χ3n) is 3.63. The lowest BCUT2D eigenvalue weighted by Gasteiger charge is -2.18. The van der Waals surface area contributed by atoms with E-state index in [1.807, 2.05) is 33.8 Å². The van der Waals surface area contributed by atoms with Crippen LogP contribution in [0.25, 0.3) is 10.9 Å². The number of hydrogen-bond donors (Lipinski definition) is 0. The van der Waals surface area contributed by atoms with E-state index in [1.54, 1.807) is 6.07 Å². The molecule has 1 heterocycles. The molecule has 2 aromatic rings. The average Bonchev–Trinajstić information content (AvgIpc) is 2.36. The highest BCUT2D eigenvalue weighted by atomic mass is 19.4. The lowest BCUT2D eigenvalue weighted by Crippen LogP contribution is -2.14. The molecule has 1 aromatic heterocycles. The highest BCUT2D eigenvalue weighted by Gasteiger charge is 2.37. The SMILES string of the molecule is C#Cc1c(C(F)(F)F)nc2cc(C)c(C)cc2c1C(C)C. The molecular formula is C17H16F3N. The van der Waals surface area contributed by atoms with Crippen molar-refractivity contribution < 1.29 is 13.2 Å². The largest absolute Gasteiger partial charge is 0.434 e. The topological polar surface area (TPSA) is 12.9 Å². The molecule has 0 aliphatic rings. The maximum absolute atomic E-state index is 13.2. The van der Waals surface area contributed by atoms with Crippen molar-refractivity contribution in [2.75, 3.05) is 0 Å². The van der Waals surface area contributed by atoms with E-state index < -0.39 is 11.9 Å². The Morgan fingerprint density at radius 3 is 2.19 bits per heavy atom. The first-order valence-electron chi connectivity index (χ1n) is 6.65. The molecule has 0 fully saturated rings. The number of terminal acetylenes is 1. The number of halogens is 3. The molecule has 0 aliphatic heterocycles. The van der Waals surface area contributed by atoms with E-state index in [0.29, 0.717) is 16.5 Å². The second kappa shape index (κ2) is 5.07. The van der Waals surface area contributed by atoms with Crippen LogP contribution in [0.1, 0.15) is 47.7 Å². The Morgan fingerprint density at radius 1 is 1.14 bits per heavy atom. The summed E-state index contributed by atoms with van der Waals surface area (Å²) in [4.78, 5) is 3.79. The van der Waals surface area contributed by atoms with Gasteiger partial charge in [0.15, 0.2) is 5.69 Å². The van der Waals surface area contributed by atoms with Gasteiger partial charge in [0, 0.05) is 5.39 Å². The summed E-state index contributed by atoms with van der Waals surface area (Å²) in [5.41, 5.74) is 1.68. The number of nitrogens with zero attached hydrogens (tertiary/aromatic N) is 1. The van der Waals surface area contributed by atoms with Gasteiger partial charge in [-0.2, -0.15) is 13.2 Å². The summed E-state index contributed by atoms with van der Waals surface area (Å²) in [7, 11) is 0. The summed E-state index contributed by atoms with van der Waals surface area (Å²) in [5.74, 6) is 2.08. The number of hydrogen-bond acceptors (Lipinski definition) is 1. The summed E-state index contributed by atoms with van der Waals surface area (Å²) in [6.07, 6.45) is 0.798. The Morgan fingerprint density at radius 2 is 1.71 bits per heavy atom. The van der Waals surface area contributed by atoms with E-state index in [-0.39, 0.29) is 11.5 Å². The summed E-state index contributed by atoms with van der Waals surface area (Å²) < 4.78 is 39.7. The van der Waals surface area contributed by atoms with Gasteiger partial charge in [0.2, 0.25) is 0 Å². The highest BCUT2D eigenvalue weighted by Crippen LogP contribution is 2.37. The van der Waals surface area contributed by atoms with Gasteiger partial charge in [0.1, 0.15) is 0 Å². The number of aromatic nitrogens is 1. The van der Waals surface area contributed by atoms with Crippen molar-refractivity contribution in [1.29, 1.82) is 0 Å². The zero-order valence-electron chi connectivity index (χ0n) is 12.4. The van der Waals surface area contributed by atoms with Crippen LogP contribution in [0.5, 0.6) is 0 Å². The molecule has 0 aliphatic carbocycles. The lowest BCUT2D eigenvalue weighted by molar-refractivity contribution is -0.141. The fourth-order valence-electron chi connectivity index (χ4n) is 2.50. The van der Waals surface area contributed by atoms with Crippen molar-refractivity contribution in [3.8, 4) is 12.3 Å². The van der Waals surface area contributed by atoms with Crippen molar-refractivity contribution in [1.82, 2.24) is 4.98 Å². The lowest BCUT2D eigenvalue weighted by atomic mass is 9.90. The molecular weight excluding hydrogens is 275 g/mol. The van der Waals surface area contributed by atoms with E-state index in [4.69, 9.17) is 6.42 Å². The van der Waals surface area contributed by atoms with Crippen LogP contribution in [0.3, 0.4) is 0 Å². The van der Waals surface area contributed by atoms with Crippen molar-refractivity contribution in [3.05, 3.63) is 40.1 Å². The number of rotatable bonds is 1. The number of pyridine rings is 1. The predicted molar refractivity (Wildman–Crippen MR) is 78.2 cm³/mol. The summed E-state index contributed by atoms with van der Waals surface area (Å²) in [6.45, 7) is 7.45. The molecule has 1 aromatic carbocycles. The Balaban J connectivity index is 3.03. The molecule has 1 nitrogen and oxygen atoms in total. The van der Waals surface area contributed by atoms with Gasteiger partial charge < -0.3 is 0 Å². The van der Waals surface area contributed by atoms with Gasteiger partial charge in [-0.3, -0.25) is 0 Å². The molecule has 0 saturated carbocycles. The van der Waals surface area contributed by atoms with Crippen LogP contribution in [0.2, 0.25) is 0 Å². The molecule has 0 atom stereocenters. The summed E-state index contributed by atoms with van der Waals surface area (Å²) in [5, 5.41) is 0.703. The fourth-order valence-corrected chi connectivity index (χ4v) is 2.50. The molecule has 2 rings (SSSR count). The normalized spacial score (nSPS) is 12.0. The number of fused-ring (bicyclic) bond motifs is 1. The van der Waals surface area contributed by atoms with Crippen LogP contribution in [-0.2, 0) is 6.18 Å². The third-order valence-corrected chi connectivity index (χ3v) is 3.63. The van der Waals surface area contributed by atoms with E-state index in [2.05, 4.69) is 10.9 Å². The number of alkyl halides is 3. The van der Waals surface area contributed by atoms with Crippen molar-refractivity contribution >= 4 is 10.9 Å². The van der Waals surface area contributed by atoms with E-state index in [0.717, 1.165) is 11.1 Å². The number of benzene rings is 1. The van der Waals surface area contributed by atoms with Crippen molar-refractivity contribution in [3.63, 3.8) is 0 Å². The van der Waals surface area contributed by atoms with Gasteiger partial charge >= 0.3 is 6.18 Å². The van der Waals surface area contributed by atoms with Crippen molar-refractivity contribution in [2.45, 2.75) is 39.8 Å². The minimum Gasteiger partial charge on any atom is -0.242 e. The third kappa shape index (κ3) is 2.61. The summed E-state index contributed by atoms with van der Waals surface area (Å²) >= 11 is 0. The van der Waals surface area contributed by atoms with E-state index >= 15 is 0 Å². The molecule has 0 bridgehead atoms. The molecule has 0 N–H and O–H groups in total. The van der Waals surface area contributed by atoms with Gasteiger partial charge in [0.25, 0.3) is 0 Å². The molecule has 110 valence electrons. The first kappa shape index (κ1) is 15.4. The predicted octanol–water partition coefficient (Wildman–Crippen LogP) is 4.98. The zero-order chi connectivity index (χ0) is 15.9. The minimum absolute atomic E-state index is 0.121. The highest BCUT2D eigenvalue weighted by molar-refractivity contribution is 5.87. The van der Waals surface area contributed by atoms with Gasteiger partial charge in [0.05, 0.1) is 11.1 Å². The van der Waals surface area contributed by atoms with Crippen LogP contribution >= 0.6 is 0 Å². The maximum Gasteiger partial charge on any atom is 0.434 e. The second-order valence-corrected chi connectivity index (χ2v) is 5.50. The number of aryl methyl sites for hydroxylation is 2. The first-order valence-corrected chi connectivity index (χ1v) is 6.65. The summed E-state index contributed by atoms with van der Waals surface area (Å²) in [6, 6.07) is 3.56. The Hall–Kier alpha value is -2.02. The van der Waals surface area contributed by atoms with Gasteiger partial charge in [-0.25, -0.2) is 4.98 Å². The van der Waals surface area contributed by atoms with Crippen LogP contribution in [0.15, 0.2) is 12.1 Å². The van der Waals surface area contributed by atoms with Gasteiger partial charge in [-0.05, 0) is 48.6 Å². The van der Waals surface area contributed by atoms with Gasteiger partial charge in [-0.15, -0.1) is 6.42 Å². The minimum atomic E-state index is -4.56. The Kier molecular flexibility index (Phi) is 3.71. The first-order chi connectivity index (χ1) is 9.66. The van der Waals surface area contributed by atoms with Crippen LogP contribution < -0.4 is 0 Å². The fraction of sp³-hybridized carbons (Fsp3) is 0.353. The van der Waals surface area contributed by atoms with Gasteiger partial charge in [-0.1, -0.05) is 19.8 Å². The standard InChI is InChI=1S/C17H16F3N/c1-6-12-15(9(2)3)13-7-10(4)11(5)8-14(13)21-16(12)17(18,19)20/h1,7-9H,2-5H3. The zero-order valence-corrected chi connectivity index (χ0v) is 12.4. The molecule has 4 heteroatoms. The Labute approximate surface area is 122 Å². The van der Waals surface area contributed by atoms with Crippen LogP contribution in [0, 0.1) is 26.2 Å². The van der Waals surface area contributed by atoms with Crippen molar-refractivity contribution in [2.24, 2.45) is 0 Å². The molecule has 0 saturated heterocycles. The molecule has 0 radical (unpaired) electrons. The molecule has 0 spiro atoms. The Bertz CT molecular complexity index is 749. The second-order valence-electron chi connectivity index (χ2n) is 5.50. The molecule has 0 unspecified atom stereocenters. The maximum atomic E-state index is 13.2. The van der Waals surface area contributed by atoms with E-state index in [1.165, 1.54) is 0 Å². The smallest absolute Gasteiger partial charge is 0.242 e. The van der Waals surface area contributed by atoms with Crippen LogP contribution in [-0.4, -0.2) is 4.98 Å².